The van der Waals surface area contributed by atoms with Crippen molar-refractivity contribution in [2.75, 3.05) is 5.32 Å². The van der Waals surface area contributed by atoms with Crippen LogP contribution in [0.4, 0.5) is 5.95 Å². The summed E-state index contributed by atoms with van der Waals surface area (Å²) >= 11 is 5.77. The van der Waals surface area contributed by atoms with Crippen molar-refractivity contribution in [2.24, 2.45) is 7.05 Å². The van der Waals surface area contributed by atoms with Gasteiger partial charge in [-0.3, -0.25) is 10.1 Å². The molecule has 0 spiro atoms. The molecule has 5 nitrogen and oxygen atoms in total. The Hall–Kier alpha value is -1.75. The first-order chi connectivity index (χ1) is 7.16. The molecule has 0 atom stereocenters. The van der Waals surface area contributed by atoms with Gasteiger partial charge in [0.1, 0.15) is 5.69 Å². The Morgan fingerprint density at radius 3 is 3.00 bits per heavy atom. The third-order valence-electron chi connectivity index (χ3n) is 1.93. The summed E-state index contributed by atoms with van der Waals surface area (Å²) in [4.78, 5) is 18.4. The molecule has 0 saturated heterocycles. The van der Waals surface area contributed by atoms with E-state index in [0.29, 0.717) is 16.7 Å². The number of anilines is 1. The summed E-state index contributed by atoms with van der Waals surface area (Å²) in [5, 5.41) is 3.14. The fourth-order valence-corrected chi connectivity index (χ4v) is 1.50. The molecule has 0 aromatic carbocycles. The maximum Gasteiger partial charge on any atom is 0.274 e. The lowest BCUT2D eigenvalue weighted by molar-refractivity contribution is 0.101. The summed E-state index contributed by atoms with van der Waals surface area (Å²) in [7, 11) is 1.75. The largest absolute Gasteiger partial charge is 0.345 e. The second-order valence-corrected chi connectivity index (χ2v) is 3.48. The average molecular weight is 225 g/mol. The summed E-state index contributed by atoms with van der Waals surface area (Å²) in [6.07, 6.45) is 4.86. The predicted octanol–water partition coefficient (Wildman–Crippen LogP) is 1.65. The number of amides is 1. The number of hydrogen-bond donors (Lipinski definition) is 2. The second-order valence-electron chi connectivity index (χ2n) is 3.05. The smallest absolute Gasteiger partial charge is 0.274 e. The molecule has 2 heterocycles. The number of halogens is 1. The number of hydrogen-bond acceptors (Lipinski definition) is 2. The number of aromatic amines is 1. The molecular weight excluding hydrogens is 216 g/mol. The Morgan fingerprint density at radius 2 is 2.47 bits per heavy atom. The molecule has 1 amide bonds. The molecule has 0 aliphatic carbocycles. The highest BCUT2D eigenvalue weighted by atomic mass is 35.5. The number of rotatable bonds is 2. The van der Waals surface area contributed by atoms with E-state index in [2.05, 4.69) is 15.3 Å². The number of carbonyl (C=O) groups is 1. The molecule has 2 rings (SSSR count). The zero-order valence-electron chi connectivity index (χ0n) is 7.99. The van der Waals surface area contributed by atoms with Crippen LogP contribution in [0.3, 0.4) is 0 Å². The number of aromatic nitrogens is 3. The van der Waals surface area contributed by atoms with Gasteiger partial charge in [0.05, 0.1) is 5.02 Å². The molecule has 0 saturated carbocycles. The first-order valence-electron chi connectivity index (χ1n) is 4.29. The minimum atomic E-state index is -0.251. The normalized spacial score (nSPS) is 10.3. The molecule has 78 valence electrons. The maximum atomic E-state index is 11.7. The number of aryl methyl sites for hydroxylation is 1. The Bertz CT molecular complexity index is 474. The van der Waals surface area contributed by atoms with E-state index in [1.54, 1.807) is 36.3 Å². The van der Waals surface area contributed by atoms with E-state index in [0.717, 1.165) is 0 Å². The van der Waals surface area contributed by atoms with Crippen LogP contribution >= 0.6 is 11.6 Å². The lowest BCUT2D eigenvalue weighted by atomic mass is 10.4. The van der Waals surface area contributed by atoms with Gasteiger partial charge in [0, 0.05) is 25.6 Å². The van der Waals surface area contributed by atoms with Gasteiger partial charge in [0.15, 0.2) is 0 Å². The number of nitrogens with zero attached hydrogens (tertiary/aromatic N) is 2. The van der Waals surface area contributed by atoms with Crippen molar-refractivity contribution in [3.8, 4) is 0 Å². The van der Waals surface area contributed by atoms with E-state index in [-0.39, 0.29) is 5.91 Å². The molecule has 0 unspecified atom stereocenters. The summed E-state index contributed by atoms with van der Waals surface area (Å²) in [6.45, 7) is 0. The highest BCUT2D eigenvalue weighted by molar-refractivity contribution is 6.31. The van der Waals surface area contributed by atoms with Crippen molar-refractivity contribution in [3.05, 3.63) is 35.4 Å². The van der Waals surface area contributed by atoms with Crippen LogP contribution in [0, 0.1) is 0 Å². The van der Waals surface area contributed by atoms with E-state index < -0.39 is 0 Å². The summed E-state index contributed by atoms with van der Waals surface area (Å²) in [5.41, 5.74) is 0.483. The molecule has 2 aromatic rings. The van der Waals surface area contributed by atoms with E-state index >= 15 is 0 Å². The lowest BCUT2D eigenvalue weighted by Gasteiger charge is -2.02. The zero-order chi connectivity index (χ0) is 10.8. The number of H-pyrrole nitrogens is 1. The first-order valence-corrected chi connectivity index (χ1v) is 4.67. The maximum absolute atomic E-state index is 11.7. The first kappa shape index (κ1) is 9.79. The second kappa shape index (κ2) is 3.78. The summed E-state index contributed by atoms with van der Waals surface area (Å²) in [6, 6.07) is 1.60. The van der Waals surface area contributed by atoms with Crippen LogP contribution in [-0.2, 0) is 7.05 Å². The Morgan fingerprint density at radius 1 is 1.67 bits per heavy atom. The Kier molecular flexibility index (Phi) is 2.47. The summed E-state index contributed by atoms with van der Waals surface area (Å²) < 4.78 is 1.65. The molecule has 2 N–H and O–H groups in total. The quantitative estimate of drug-likeness (QED) is 0.815. The van der Waals surface area contributed by atoms with Crippen LogP contribution in [0.15, 0.2) is 24.7 Å². The zero-order valence-corrected chi connectivity index (χ0v) is 8.75. The minimum absolute atomic E-state index is 0.251. The van der Waals surface area contributed by atoms with Crippen molar-refractivity contribution in [1.29, 1.82) is 0 Å². The van der Waals surface area contributed by atoms with Gasteiger partial charge < -0.3 is 9.55 Å². The van der Waals surface area contributed by atoms with E-state index in [4.69, 9.17) is 11.6 Å². The van der Waals surface area contributed by atoms with Gasteiger partial charge in [0.25, 0.3) is 5.91 Å². The molecule has 0 fully saturated rings. The minimum Gasteiger partial charge on any atom is -0.345 e. The van der Waals surface area contributed by atoms with Crippen molar-refractivity contribution < 1.29 is 4.79 Å². The van der Waals surface area contributed by atoms with Gasteiger partial charge in [-0.15, -0.1) is 0 Å². The molecule has 0 aliphatic heterocycles. The molecule has 2 aromatic heterocycles. The fraction of sp³-hybridized carbons (Fsp3) is 0.111. The van der Waals surface area contributed by atoms with E-state index in [1.807, 2.05) is 0 Å². The van der Waals surface area contributed by atoms with Gasteiger partial charge >= 0.3 is 0 Å². The molecule has 15 heavy (non-hydrogen) atoms. The molecule has 0 aliphatic rings. The fourth-order valence-electron chi connectivity index (χ4n) is 1.26. The summed E-state index contributed by atoms with van der Waals surface area (Å²) in [5.74, 6) is 0.164. The van der Waals surface area contributed by atoms with Crippen molar-refractivity contribution >= 4 is 23.5 Å². The van der Waals surface area contributed by atoms with Gasteiger partial charge in [-0.05, 0) is 6.07 Å². The van der Waals surface area contributed by atoms with Crippen LogP contribution in [-0.4, -0.2) is 20.4 Å². The van der Waals surface area contributed by atoms with Crippen LogP contribution in [0.5, 0.6) is 0 Å². The number of nitrogens with one attached hydrogen (secondary N) is 2. The standard InChI is InChI=1S/C9H9ClN4O/c1-14-5-6(10)4-7(14)8(15)13-9-11-2-3-12-9/h2-5H,1H3,(H2,11,12,13,15). The highest BCUT2D eigenvalue weighted by Crippen LogP contribution is 2.13. The Labute approximate surface area is 91.1 Å². The van der Waals surface area contributed by atoms with Crippen molar-refractivity contribution in [1.82, 2.24) is 14.5 Å². The molecular formula is C9H9ClN4O. The van der Waals surface area contributed by atoms with Crippen molar-refractivity contribution in [2.45, 2.75) is 0 Å². The monoisotopic (exact) mass is 224 g/mol. The van der Waals surface area contributed by atoms with Gasteiger partial charge in [-0.2, -0.15) is 0 Å². The van der Waals surface area contributed by atoms with Crippen LogP contribution in [0.2, 0.25) is 5.02 Å². The third kappa shape index (κ3) is 2.02. The van der Waals surface area contributed by atoms with Crippen LogP contribution in [0.25, 0.3) is 0 Å². The highest BCUT2D eigenvalue weighted by Gasteiger charge is 2.11. The van der Waals surface area contributed by atoms with Crippen LogP contribution < -0.4 is 5.32 Å². The lowest BCUT2D eigenvalue weighted by Crippen LogP contribution is -2.16. The van der Waals surface area contributed by atoms with Crippen molar-refractivity contribution in [3.63, 3.8) is 0 Å². The SMILES string of the molecule is Cn1cc(Cl)cc1C(=O)Nc1ncc[nH]1. The number of imidazole rings is 1. The molecule has 6 heteroatoms. The molecule has 0 bridgehead atoms. The van der Waals surface area contributed by atoms with E-state index in [1.165, 1.54) is 0 Å². The number of carbonyl (C=O) groups excluding carboxylic acids is 1. The average Bonchev–Trinajstić information content (AvgIpc) is 2.75. The molecule has 0 radical (unpaired) electrons. The van der Waals surface area contributed by atoms with Gasteiger partial charge in [-0.25, -0.2) is 4.98 Å². The van der Waals surface area contributed by atoms with E-state index in [9.17, 15) is 4.79 Å². The third-order valence-corrected chi connectivity index (χ3v) is 2.14. The van der Waals surface area contributed by atoms with Crippen LogP contribution in [0.1, 0.15) is 10.5 Å². The topological polar surface area (TPSA) is 62.7 Å². The Balaban J connectivity index is 2.18. The van der Waals surface area contributed by atoms with Gasteiger partial charge in [-0.1, -0.05) is 11.6 Å². The predicted molar refractivity (Wildman–Crippen MR) is 57.0 cm³/mol. The van der Waals surface area contributed by atoms with Gasteiger partial charge in [0.2, 0.25) is 5.95 Å².